The van der Waals surface area contributed by atoms with Crippen LogP contribution >= 0.6 is 0 Å². The Balaban J connectivity index is 1.90. The highest BCUT2D eigenvalue weighted by molar-refractivity contribution is 5.78. The molecule has 2 N–H and O–H groups in total. The van der Waals surface area contributed by atoms with E-state index in [1.165, 1.54) is 0 Å². The van der Waals surface area contributed by atoms with Crippen LogP contribution in [0.2, 0.25) is 0 Å². The summed E-state index contributed by atoms with van der Waals surface area (Å²) >= 11 is 0. The second-order valence-electron chi connectivity index (χ2n) is 7.56. The molecule has 2 amide bonds. The van der Waals surface area contributed by atoms with Gasteiger partial charge in [-0.25, -0.2) is 0 Å². The van der Waals surface area contributed by atoms with Gasteiger partial charge in [0, 0.05) is 25.6 Å². The summed E-state index contributed by atoms with van der Waals surface area (Å²) in [5.74, 6) is 0.272. The lowest BCUT2D eigenvalue weighted by Gasteiger charge is -2.35. The van der Waals surface area contributed by atoms with Gasteiger partial charge in [0.15, 0.2) is 0 Å². The maximum absolute atomic E-state index is 12.7. The second-order valence-corrected chi connectivity index (χ2v) is 7.56. The number of carbonyl (C=O) groups excluding carboxylic acids is 2. The molecule has 1 aromatic rings. The van der Waals surface area contributed by atoms with Crippen LogP contribution in [0.25, 0.3) is 0 Å². The SMILES string of the molecule is CC(C)C(=O)NCC1CCCN(C(=O)CC(C)(O)c2ccccc2)C1. The molecule has 138 valence electrons. The first-order chi connectivity index (χ1) is 11.8. The molecule has 1 fully saturated rings. The number of hydrogen-bond acceptors (Lipinski definition) is 3. The van der Waals surface area contributed by atoms with Crippen molar-refractivity contribution in [3.05, 3.63) is 35.9 Å². The number of hydrogen-bond donors (Lipinski definition) is 2. The molecule has 5 nitrogen and oxygen atoms in total. The van der Waals surface area contributed by atoms with E-state index in [4.69, 9.17) is 0 Å². The van der Waals surface area contributed by atoms with Gasteiger partial charge in [-0.05, 0) is 31.2 Å². The first kappa shape index (κ1) is 19.4. The van der Waals surface area contributed by atoms with Gasteiger partial charge in [-0.3, -0.25) is 9.59 Å². The normalized spacial score (nSPS) is 20.2. The highest BCUT2D eigenvalue weighted by Gasteiger charge is 2.31. The number of likely N-dealkylation sites (tertiary alicyclic amines) is 1. The molecule has 0 saturated carbocycles. The predicted molar refractivity (Wildman–Crippen MR) is 97.8 cm³/mol. The Morgan fingerprint density at radius 1 is 1.32 bits per heavy atom. The smallest absolute Gasteiger partial charge is 0.225 e. The fourth-order valence-corrected chi connectivity index (χ4v) is 3.21. The van der Waals surface area contributed by atoms with E-state index in [-0.39, 0.29) is 30.1 Å². The highest BCUT2D eigenvalue weighted by atomic mass is 16.3. The van der Waals surface area contributed by atoms with Gasteiger partial charge in [0.05, 0.1) is 12.0 Å². The summed E-state index contributed by atoms with van der Waals surface area (Å²) in [5.41, 5.74) is -0.418. The summed E-state index contributed by atoms with van der Waals surface area (Å²) in [6, 6.07) is 9.30. The lowest BCUT2D eigenvalue weighted by Crippen LogP contribution is -2.45. The van der Waals surface area contributed by atoms with Gasteiger partial charge in [-0.2, -0.15) is 0 Å². The first-order valence-corrected chi connectivity index (χ1v) is 9.13. The van der Waals surface area contributed by atoms with Crippen molar-refractivity contribution in [2.75, 3.05) is 19.6 Å². The zero-order chi connectivity index (χ0) is 18.4. The highest BCUT2D eigenvalue weighted by Crippen LogP contribution is 2.26. The number of amides is 2. The minimum Gasteiger partial charge on any atom is -0.385 e. The van der Waals surface area contributed by atoms with Gasteiger partial charge < -0.3 is 15.3 Å². The second kappa shape index (κ2) is 8.48. The van der Waals surface area contributed by atoms with Gasteiger partial charge in [0.25, 0.3) is 0 Å². The van der Waals surface area contributed by atoms with E-state index in [0.29, 0.717) is 13.1 Å². The average Bonchev–Trinajstić information content (AvgIpc) is 2.60. The van der Waals surface area contributed by atoms with Crippen LogP contribution < -0.4 is 5.32 Å². The molecule has 0 bridgehead atoms. The molecule has 2 unspecified atom stereocenters. The van der Waals surface area contributed by atoms with Crippen LogP contribution in [0.3, 0.4) is 0 Å². The van der Waals surface area contributed by atoms with Gasteiger partial charge in [0.2, 0.25) is 11.8 Å². The molecule has 25 heavy (non-hydrogen) atoms. The van der Waals surface area contributed by atoms with Crippen LogP contribution in [0.1, 0.15) is 45.6 Å². The van der Waals surface area contributed by atoms with Crippen LogP contribution in [-0.4, -0.2) is 41.5 Å². The van der Waals surface area contributed by atoms with Crippen molar-refractivity contribution in [3.8, 4) is 0 Å². The minimum absolute atomic E-state index is 0.0257. The molecular weight excluding hydrogens is 316 g/mol. The minimum atomic E-state index is -1.17. The number of piperidine rings is 1. The number of benzene rings is 1. The van der Waals surface area contributed by atoms with Crippen molar-refractivity contribution in [3.63, 3.8) is 0 Å². The van der Waals surface area contributed by atoms with Gasteiger partial charge in [-0.15, -0.1) is 0 Å². The molecule has 0 aliphatic carbocycles. The summed E-state index contributed by atoms with van der Waals surface area (Å²) in [5, 5.41) is 13.6. The predicted octanol–water partition coefficient (Wildman–Crippen LogP) is 2.29. The van der Waals surface area contributed by atoms with Gasteiger partial charge in [0.1, 0.15) is 0 Å². The monoisotopic (exact) mass is 346 g/mol. The standard InChI is InChI=1S/C20H30N2O3/c1-15(2)19(24)21-13-16-8-7-11-22(14-16)18(23)12-20(3,25)17-9-5-4-6-10-17/h4-6,9-10,15-16,25H,7-8,11-14H2,1-3H3,(H,21,24). The lowest BCUT2D eigenvalue weighted by molar-refractivity contribution is -0.138. The summed E-state index contributed by atoms with van der Waals surface area (Å²) in [7, 11) is 0. The lowest BCUT2D eigenvalue weighted by atomic mass is 9.91. The van der Waals surface area contributed by atoms with E-state index in [1.807, 2.05) is 49.1 Å². The molecule has 2 rings (SSSR count). The molecule has 1 heterocycles. The van der Waals surface area contributed by atoms with Crippen molar-refractivity contribution in [1.82, 2.24) is 10.2 Å². The zero-order valence-electron chi connectivity index (χ0n) is 15.5. The average molecular weight is 346 g/mol. The van der Waals surface area contributed by atoms with E-state index >= 15 is 0 Å². The Kier molecular flexibility index (Phi) is 6.59. The largest absolute Gasteiger partial charge is 0.385 e. The number of carbonyl (C=O) groups is 2. The summed E-state index contributed by atoms with van der Waals surface area (Å²) < 4.78 is 0. The number of rotatable bonds is 6. The third kappa shape index (κ3) is 5.56. The molecule has 1 saturated heterocycles. The molecule has 0 aromatic heterocycles. The maximum atomic E-state index is 12.7. The van der Waals surface area contributed by atoms with E-state index in [1.54, 1.807) is 6.92 Å². The molecule has 0 radical (unpaired) electrons. The third-order valence-corrected chi connectivity index (χ3v) is 4.85. The van der Waals surface area contributed by atoms with Gasteiger partial charge in [-0.1, -0.05) is 44.2 Å². The van der Waals surface area contributed by atoms with E-state index < -0.39 is 5.60 Å². The Hall–Kier alpha value is -1.88. The number of nitrogens with one attached hydrogen (secondary N) is 1. The zero-order valence-corrected chi connectivity index (χ0v) is 15.5. The summed E-state index contributed by atoms with van der Waals surface area (Å²) in [6.07, 6.45) is 2.01. The Morgan fingerprint density at radius 3 is 2.64 bits per heavy atom. The molecule has 2 atom stereocenters. The quantitative estimate of drug-likeness (QED) is 0.830. The van der Waals surface area contributed by atoms with Gasteiger partial charge >= 0.3 is 0 Å². The van der Waals surface area contributed by atoms with E-state index in [9.17, 15) is 14.7 Å². The maximum Gasteiger partial charge on any atom is 0.225 e. The Bertz CT molecular complexity index is 584. The van der Waals surface area contributed by atoms with Crippen LogP contribution in [0, 0.1) is 11.8 Å². The number of nitrogens with zero attached hydrogens (tertiary/aromatic N) is 1. The van der Waals surface area contributed by atoms with E-state index in [2.05, 4.69) is 5.32 Å². The molecule has 5 heteroatoms. The Labute approximate surface area is 150 Å². The fraction of sp³-hybridized carbons (Fsp3) is 0.600. The molecule has 1 aromatic carbocycles. The molecule has 1 aliphatic rings. The fourth-order valence-electron chi connectivity index (χ4n) is 3.21. The molecule has 1 aliphatic heterocycles. The third-order valence-electron chi connectivity index (χ3n) is 4.85. The van der Waals surface area contributed by atoms with Crippen LogP contribution in [0.15, 0.2) is 30.3 Å². The summed E-state index contributed by atoms with van der Waals surface area (Å²) in [4.78, 5) is 26.2. The van der Waals surface area contributed by atoms with Crippen molar-refractivity contribution >= 4 is 11.8 Å². The van der Waals surface area contributed by atoms with Crippen molar-refractivity contribution in [1.29, 1.82) is 0 Å². The van der Waals surface area contributed by atoms with Crippen LogP contribution in [-0.2, 0) is 15.2 Å². The van der Waals surface area contributed by atoms with E-state index in [0.717, 1.165) is 24.9 Å². The van der Waals surface area contributed by atoms with Crippen molar-refractivity contribution in [2.45, 2.75) is 45.6 Å². The van der Waals surface area contributed by atoms with Crippen LogP contribution in [0.4, 0.5) is 0 Å². The Morgan fingerprint density at radius 2 is 2.00 bits per heavy atom. The number of aliphatic hydroxyl groups is 1. The topological polar surface area (TPSA) is 69.6 Å². The first-order valence-electron chi connectivity index (χ1n) is 9.13. The molecule has 0 spiro atoms. The van der Waals surface area contributed by atoms with Crippen molar-refractivity contribution in [2.24, 2.45) is 11.8 Å². The van der Waals surface area contributed by atoms with Crippen molar-refractivity contribution < 1.29 is 14.7 Å². The van der Waals surface area contributed by atoms with Crippen LogP contribution in [0.5, 0.6) is 0 Å². The molecular formula is C20H30N2O3. The summed E-state index contributed by atoms with van der Waals surface area (Å²) in [6.45, 7) is 7.40.